The summed E-state index contributed by atoms with van der Waals surface area (Å²) in [7, 11) is 1.71. The van der Waals surface area contributed by atoms with Gasteiger partial charge in [-0.05, 0) is 26.0 Å². The summed E-state index contributed by atoms with van der Waals surface area (Å²) >= 11 is 0. The lowest BCUT2D eigenvalue weighted by molar-refractivity contribution is -0.138. The Labute approximate surface area is 140 Å². The molecule has 124 valence electrons. The molecule has 24 heavy (non-hydrogen) atoms. The number of carboxylic acids is 1. The summed E-state index contributed by atoms with van der Waals surface area (Å²) in [5.74, 6) is -0.323. The highest BCUT2D eigenvalue weighted by Gasteiger charge is 2.39. The maximum absolute atomic E-state index is 12.5. The Bertz CT molecular complexity index is 772. The molecule has 6 nitrogen and oxygen atoms in total. The predicted octanol–water partition coefficient (Wildman–Crippen LogP) is 1.92. The number of hydrogen-bond acceptors (Lipinski definition) is 5. The third-order valence-corrected chi connectivity index (χ3v) is 4.08. The number of nitrogens with zero attached hydrogens (tertiary/aromatic N) is 2. The second-order valence-electron chi connectivity index (χ2n) is 5.33. The number of allylic oxidation sites excluding steroid dienone is 2. The molecule has 0 spiro atoms. The zero-order chi connectivity index (χ0) is 17.9. The zero-order valence-electron chi connectivity index (χ0n) is 13.7. The van der Waals surface area contributed by atoms with Crippen molar-refractivity contribution in [1.29, 1.82) is 0 Å². The fourth-order valence-electron chi connectivity index (χ4n) is 2.75. The summed E-state index contributed by atoms with van der Waals surface area (Å²) in [4.78, 5) is 30.3. The van der Waals surface area contributed by atoms with E-state index in [2.05, 4.69) is 10.9 Å². The first kappa shape index (κ1) is 17.3. The second-order valence-corrected chi connectivity index (χ2v) is 5.33. The quantitative estimate of drug-likeness (QED) is 0.673. The first-order valence-corrected chi connectivity index (χ1v) is 7.30. The van der Waals surface area contributed by atoms with Crippen molar-refractivity contribution in [2.24, 2.45) is 0 Å². The molecular formula is C18H18N2O4. The molecule has 1 N–H and O–H groups in total. The largest absolute Gasteiger partial charge is 0.478 e. The normalized spacial score (nSPS) is 17.6. The van der Waals surface area contributed by atoms with Gasteiger partial charge in [-0.25, -0.2) is 9.59 Å². The molecule has 1 aromatic rings. The van der Waals surface area contributed by atoms with Crippen LogP contribution in [0.4, 0.5) is 0 Å². The van der Waals surface area contributed by atoms with Crippen LogP contribution < -0.4 is 0 Å². The van der Waals surface area contributed by atoms with E-state index in [1.54, 1.807) is 50.2 Å². The van der Waals surface area contributed by atoms with E-state index in [0.29, 0.717) is 17.1 Å². The van der Waals surface area contributed by atoms with Gasteiger partial charge in [0, 0.05) is 24.6 Å². The monoisotopic (exact) mass is 326 g/mol. The molecule has 1 atom stereocenters. The highest BCUT2D eigenvalue weighted by Crippen LogP contribution is 2.40. The number of terminal acetylenes is 1. The summed E-state index contributed by atoms with van der Waals surface area (Å²) in [5.41, 5.74) is 1.94. The van der Waals surface area contributed by atoms with Crippen molar-refractivity contribution < 1.29 is 19.4 Å². The number of aromatic nitrogens is 1. The number of carbonyl (C=O) groups excluding carboxylic acids is 1. The molecule has 2 heterocycles. The molecule has 0 aliphatic carbocycles. The molecule has 0 radical (unpaired) electrons. The predicted molar refractivity (Wildman–Crippen MR) is 87.6 cm³/mol. The summed E-state index contributed by atoms with van der Waals surface area (Å²) in [5, 5.41) is 9.70. The topological polar surface area (TPSA) is 79.7 Å². The van der Waals surface area contributed by atoms with Crippen molar-refractivity contribution in [1.82, 2.24) is 9.88 Å². The van der Waals surface area contributed by atoms with Crippen LogP contribution in [0.3, 0.4) is 0 Å². The van der Waals surface area contributed by atoms with Crippen LogP contribution >= 0.6 is 0 Å². The van der Waals surface area contributed by atoms with E-state index in [-0.39, 0.29) is 17.8 Å². The number of rotatable bonds is 4. The highest BCUT2D eigenvalue weighted by atomic mass is 16.5. The summed E-state index contributed by atoms with van der Waals surface area (Å²) in [6, 6.07) is 5.16. The Balaban J connectivity index is 2.66. The number of hydrogen-bond donors (Lipinski definition) is 1. The van der Waals surface area contributed by atoms with Crippen molar-refractivity contribution in [3.8, 4) is 12.3 Å². The third-order valence-electron chi connectivity index (χ3n) is 4.08. The van der Waals surface area contributed by atoms with Gasteiger partial charge >= 0.3 is 11.9 Å². The Morgan fingerprint density at radius 2 is 2.00 bits per heavy atom. The van der Waals surface area contributed by atoms with E-state index in [1.807, 2.05) is 0 Å². The molecule has 2 rings (SSSR count). The summed E-state index contributed by atoms with van der Waals surface area (Å²) in [6.07, 6.45) is 6.70. The molecule has 0 saturated heterocycles. The van der Waals surface area contributed by atoms with Gasteiger partial charge in [-0.15, -0.1) is 6.42 Å². The minimum atomic E-state index is -1.11. The molecular weight excluding hydrogens is 308 g/mol. The van der Waals surface area contributed by atoms with E-state index < -0.39 is 17.9 Å². The zero-order valence-corrected chi connectivity index (χ0v) is 13.7. The molecule has 1 aliphatic heterocycles. The SMILES string of the molecule is C#CCOC(=O)C1=C(C)N(C)C(C)=C(C(=O)O)C1c1ccccn1. The van der Waals surface area contributed by atoms with Gasteiger partial charge in [0.2, 0.25) is 0 Å². The van der Waals surface area contributed by atoms with Gasteiger partial charge in [0.1, 0.15) is 0 Å². The smallest absolute Gasteiger partial charge is 0.337 e. The van der Waals surface area contributed by atoms with Crippen molar-refractivity contribution in [2.75, 3.05) is 13.7 Å². The van der Waals surface area contributed by atoms with E-state index in [9.17, 15) is 14.7 Å². The number of aliphatic carboxylic acids is 1. The minimum Gasteiger partial charge on any atom is -0.478 e. The van der Waals surface area contributed by atoms with Crippen LogP contribution in [0.1, 0.15) is 25.5 Å². The number of ether oxygens (including phenoxy) is 1. The standard InChI is InChI=1S/C18H18N2O4/c1-5-10-24-18(23)15-12(3)20(4)11(2)14(17(21)22)16(15)13-8-6-7-9-19-13/h1,6-9,16H,10H2,2-4H3,(H,21,22). The molecule has 6 heteroatoms. The average molecular weight is 326 g/mol. The van der Waals surface area contributed by atoms with Crippen LogP contribution in [-0.4, -0.2) is 40.6 Å². The van der Waals surface area contributed by atoms with Crippen LogP contribution in [0.2, 0.25) is 0 Å². The van der Waals surface area contributed by atoms with Gasteiger partial charge in [-0.3, -0.25) is 4.98 Å². The Hall–Kier alpha value is -3.07. The molecule has 0 fully saturated rings. The Kier molecular flexibility index (Phi) is 5.05. The Morgan fingerprint density at radius 3 is 2.54 bits per heavy atom. The van der Waals surface area contributed by atoms with E-state index >= 15 is 0 Å². The fourth-order valence-corrected chi connectivity index (χ4v) is 2.75. The number of pyridine rings is 1. The first-order chi connectivity index (χ1) is 11.4. The van der Waals surface area contributed by atoms with E-state index in [0.717, 1.165) is 0 Å². The van der Waals surface area contributed by atoms with Gasteiger partial charge < -0.3 is 14.7 Å². The minimum absolute atomic E-state index is 0.0921. The first-order valence-electron chi connectivity index (χ1n) is 7.30. The highest BCUT2D eigenvalue weighted by molar-refractivity contribution is 5.99. The second kappa shape index (κ2) is 7.01. The maximum atomic E-state index is 12.5. The van der Waals surface area contributed by atoms with Crippen LogP contribution in [-0.2, 0) is 14.3 Å². The van der Waals surface area contributed by atoms with E-state index in [4.69, 9.17) is 11.2 Å². The lowest BCUT2D eigenvalue weighted by Gasteiger charge is -2.34. The number of carboxylic acid groups (broad SMARTS) is 1. The van der Waals surface area contributed by atoms with Gasteiger partial charge in [-0.2, -0.15) is 0 Å². The van der Waals surface area contributed by atoms with Crippen molar-refractivity contribution in [3.05, 3.63) is 52.6 Å². The molecule has 1 aromatic heterocycles. The van der Waals surface area contributed by atoms with Gasteiger partial charge in [0.05, 0.1) is 22.8 Å². The van der Waals surface area contributed by atoms with Crippen LogP contribution in [0.5, 0.6) is 0 Å². The van der Waals surface area contributed by atoms with Crippen LogP contribution in [0, 0.1) is 12.3 Å². The molecule has 1 unspecified atom stereocenters. The van der Waals surface area contributed by atoms with Gasteiger partial charge in [-0.1, -0.05) is 12.0 Å². The number of esters is 1. The molecule has 0 bridgehead atoms. The van der Waals surface area contributed by atoms with Gasteiger partial charge in [0.25, 0.3) is 0 Å². The lowest BCUT2D eigenvalue weighted by Crippen LogP contribution is -2.33. The molecule has 0 amide bonds. The number of carbonyl (C=O) groups is 2. The van der Waals surface area contributed by atoms with Crippen molar-refractivity contribution in [2.45, 2.75) is 19.8 Å². The van der Waals surface area contributed by atoms with Crippen molar-refractivity contribution in [3.63, 3.8) is 0 Å². The Morgan fingerprint density at radius 1 is 1.33 bits per heavy atom. The van der Waals surface area contributed by atoms with Gasteiger partial charge in [0.15, 0.2) is 6.61 Å². The third kappa shape index (κ3) is 3.01. The van der Waals surface area contributed by atoms with E-state index in [1.165, 1.54) is 0 Å². The lowest BCUT2D eigenvalue weighted by atomic mass is 9.82. The van der Waals surface area contributed by atoms with Crippen molar-refractivity contribution >= 4 is 11.9 Å². The molecule has 0 aromatic carbocycles. The van der Waals surface area contributed by atoms with Crippen LogP contribution in [0.25, 0.3) is 0 Å². The molecule has 0 saturated carbocycles. The van der Waals surface area contributed by atoms with Crippen LogP contribution in [0.15, 0.2) is 46.9 Å². The average Bonchev–Trinajstić information content (AvgIpc) is 2.57. The maximum Gasteiger partial charge on any atom is 0.337 e. The summed E-state index contributed by atoms with van der Waals surface area (Å²) < 4.78 is 5.06. The fraction of sp³-hybridized carbons (Fsp3) is 0.278. The summed E-state index contributed by atoms with van der Waals surface area (Å²) in [6.45, 7) is 3.26. The molecule has 1 aliphatic rings.